The Balaban J connectivity index is 0.000000639. The van der Waals surface area contributed by atoms with Crippen molar-refractivity contribution in [3.63, 3.8) is 0 Å². The molecule has 250 valence electrons. The Kier molecular flexibility index (Phi) is 16.5. The zero-order chi connectivity index (χ0) is 33.6. The van der Waals surface area contributed by atoms with E-state index in [4.69, 9.17) is 84.6 Å². The smallest absolute Gasteiger partial charge is 0.306 e. The van der Waals surface area contributed by atoms with Crippen molar-refractivity contribution in [1.29, 1.82) is 0 Å². The Bertz CT molecular complexity index is 940. The second-order valence-electron chi connectivity index (χ2n) is 12.7. The summed E-state index contributed by atoms with van der Waals surface area (Å²) in [6.45, 7) is 10.3. The number of hydrogen-bond donors (Lipinski definition) is 6. The molecule has 0 bridgehead atoms. The predicted molar refractivity (Wildman–Crippen MR) is 174 cm³/mol. The molecule has 43 heavy (non-hydrogen) atoms. The Morgan fingerprint density at radius 1 is 0.744 bits per heavy atom. The van der Waals surface area contributed by atoms with E-state index in [0.29, 0.717) is 0 Å². The van der Waals surface area contributed by atoms with E-state index in [2.05, 4.69) is 0 Å². The van der Waals surface area contributed by atoms with Gasteiger partial charge in [0.15, 0.2) is 6.10 Å². The number of hydrogen-bond acceptors (Lipinski definition) is 8. The van der Waals surface area contributed by atoms with Gasteiger partial charge in [0.25, 0.3) is 0 Å². The van der Waals surface area contributed by atoms with Crippen LogP contribution in [0.25, 0.3) is 0 Å². The summed E-state index contributed by atoms with van der Waals surface area (Å²) in [5, 5.41) is 55.7. The maximum atomic E-state index is 12.4. The Labute approximate surface area is 284 Å². The summed E-state index contributed by atoms with van der Waals surface area (Å²) in [7, 11) is 0. The van der Waals surface area contributed by atoms with Crippen molar-refractivity contribution in [2.75, 3.05) is 13.2 Å². The van der Waals surface area contributed by atoms with Crippen LogP contribution in [0, 0.1) is 0 Å². The molecule has 1 aromatic rings. The van der Waals surface area contributed by atoms with Crippen LogP contribution in [0.5, 0.6) is 5.75 Å². The number of rotatable bonds is 9. The molecule has 0 spiro atoms. The van der Waals surface area contributed by atoms with E-state index in [9.17, 15) is 25.2 Å². The highest BCUT2D eigenvalue weighted by atomic mass is 35.5. The summed E-state index contributed by atoms with van der Waals surface area (Å²) in [5.74, 6) is -0.511. The number of aromatic hydroxyl groups is 1. The van der Waals surface area contributed by atoms with E-state index in [1.54, 1.807) is 0 Å². The molecule has 4 atom stereocenters. The summed E-state index contributed by atoms with van der Waals surface area (Å²) in [4.78, 5) is 12.4. The van der Waals surface area contributed by atoms with Crippen molar-refractivity contribution in [2.24, 2.45) is 0 Å². The second kappa shape index (κ2) is 17.3. The summed E-state index contributed by atoms with van der Waals surface area (Å²) < 4.78 is 5.11. The fraction of sp³-hybridized carbons (Fsp3) is 0.759. The van der Waals surface area contributed by atoms with Gasteiger partial charge in [-0.1, -0.05) is 53.7 Å². The summed E-state index contributed by atoms with van der Waals surface area (Å²) in [6, 6.07) is 3.70. The number of halogens is 6. The van der Waals surface area contributed by atoms with Gasteiger partial charge < -0.3 is 35.4 Å². The van der Waals surface area contributed by atoms with Crippen LogP contribution in [-0.4, -0.2) is 107 Å². The van der Waals surface area contributed by atoms with Gasteiger partial charge in [0, 0.05) is 6.42 Å². The molecular weight excluding hydrogens is 689 g/mol. The Morgan fingerprint density at radius 2 is 1.09 bits per heavy atom. The number of aliphatic hydroxyl groups is 5. The molecule has 6 N–H and O–H groups in total. The van der Waals surface area contributed by atoms with Crippen LogP contribution in [0.3, 0.4) is 0 Å². The number of phenols is 1. The highest BCUT2D eigenvalue weighted by molar-refractivity contribution is 6.45. The van der Waals surface area contributed by atoms with Gasteiger partial charge in [-0.2, -0.15) is 0 Å². The second-order valence-corrected chi connectivity index (χ2v) is 15.7. The topological polar surface area (TPSA) is 148 Å². The molecule has 8 nitrogen and oxygen atoms in total. The van der Waals surface area contributed by atoms with Crippen LogP contribution in [0.1, 0.15) is 64.7 Å². The average Bonchev–Trinajstić information content (AvgIpc) is 2.94. The molecule has 1 fully saturated rings. The van der Waals surface area contributed by atoms with Gasteiger partial charge in [-0.3, -0.25) is 4.79 Å². The SMILES string of the molecule is CC(C)(C)c1cc(CCC(=O)O[C@@H]([C@H](O)[C@@H](O)CO)[C@H](O)CO)cc(C(C)(C)C)c1O.ClC1C(Cl)C(Cl)C(Cl)C(Cl)C1Cl. The molecular formula is C29H44Cl6O8. The molecule has 1 aliphatic rings. The minimum atomic E-state index is -1.76. The van der Waals surface area contributed by atoms with Gasteiger partial charge in [0.1, 0.15) is 24.1 Å². The van der Waals surface area contributed by atoms with E-state index in [1.165, 1.54) is 0 Å². The standard InChI is InChI=1S/C23H38O8.C6H6Cl6/c1-22(2,3)14-9-13(10-15(19(14)29)23(4,5)6)7-8-18(28)31-21(17(27)12-25)20(30)16(26)11-24;7-1-2(8)4(10)6(12)5(11)3(1)9/h9-10,16-17,20-21,24-27,29-30H,7-8,11-12H2,1-6H3;1-6H/t16-,17+,20+,21+;/m0./s1. The first-order valence-corrected chi connectivity index (χ1v) is 16.4. The molecule has 0 aromatic heterocycles. The highest BCUT2D eigenvalue weighted by Crippen LogP contribution is 2.41. The van der Waals surface area contributed by atoms with Crippen LogP contribution >= 0.6 is 69.6 Å². The normalized spacial score (nSPS) is 27.4. The van der Waals surface area contributed by atoms with Crippen LogP contribution in [0.15, 0.2) is 12.1 Å². The van der Waals surface area contributed by atoms with Crippen molar-refractivity contribution in [3.8, 4) is 5.75 Å². The van der Waals surface area contributed by atoms with Crippen molar-refractivity contribution in [1.82, 2.24) is 0 Å². The molecule has 0 amide bonds. The zero-order valence-corrected chi connectivity index (χ0v) is 29.6. The van der Waals surface area contributed by atoms with Gasteiger partial charge in [0.2, 0.25) is 0 Å². The predicted octanol–water partition coefficient (Wildman–Crippen LogP) is 4.54. The van der Waals surface area contributed by atoms with Gasteiger partial charge >= 0.3 is 5.97 Å². The van der Waals surface area contributed by atoms with E-state index in [1.807, 2.05) is 53.7 Å². The Morgan fingerprint density at radius 3 is 1.40 bits per heavy atom. The third kappa shape index (κ3) is 11.4. The number of esters is 1. The van der Waals surface area contributed by atoms with Crippen molar-refractivity contribution < 1.29 is 40.2 Å². The van der Waals surface area contributed by atoms with Gasteiger partial charge in [-0.15, -0.1) is 69.6 Å². The number of alkyl halides is 6. The lowest BCUT2D eigenvalue weighted by Gasteiger charge is -2.37. The maximum absolute atomic E-state index is 12.4. The zero-order valence-electron chi connectivity index (χ0n) is 25.0. The first-order valence-electron chi connectivity index (χ1n) is 13.8. The van der Waals surface area contributed by atoms with Gasteiger partial charge in [0.05, 0.1) is 45.5 Å². The third-order valence-corrected chi connectivity index (χ3v) is 11.0. The Hall–Kier alpha value is 0.0300. The number of benzene rings is 1. The number of aliphatic hydroxyl groups excluding tert-OH is 5. The number of carbonyl (C=O) groups excluding carboxylic acids is 1. The largest absolute Gasteiger partial charge is 0.507 e. The lowest BCUT2D eigenvalue weighted by atomic mass is 9.78. The summed E-state index contributed by atoms with van der Waals surface area (Å²) in [5.41, 5.74) is 1.71. The molecule has 1 saturated carbocycles. The molecule has 0 radical (unpaired) electrons. The highest BCUT2D eigenvalue weighted by Gasteiger charge is 2.47. The molecule has 1 aromatic carbocycles. The van der Waals surface area contributed by atoms with Crippen molar-refractivity contribution in [3.05, 3.63) is 28.8 Å². The first-order chi connectivity index (χ1) is 19.6. The third-order valence-electron chi connectivity index (χ3n) is 6.98. The van der Waals surface area contributed by atoms with Crippen molar-refractivity contribution >= 4 is 75.6 Å². The molecule has 0 heterocycles. The molecule has 0 saturated heterocycles. The van der Waals surface area contributed by atoms with E-state index in [-0.39, 0.29) is 29.4 Å². The minimum absolute atomic E-state index is 0.0888. The molecule has 14 heteroatoms. The number of ether oxygens (including phenoxy) is 1. The van der Waals surface area contributed by atoms with Crippen LogP contribution in [-0.2, 0) is 26.8 Å². The number of carbonyl (C=O) groups is 1. The van der Waals surface area contributed by atoms with Crippen molar-refractivity contribution in [2.45, 2.75) is 122 Å². The lowest BCUT2D eigenvalue weighted by molar-refractivity contribution is -0.177. The lowest BCUT2D eigenvalue weighted by Crippen LogP contribution is -2.52. The van der Waals surface area contributed by atoms with Gasteiger partial charge in [-0.25, -0.2) is 0 Å². The molecule has 1 aliphatic carbocycles. The van der Waals surface area contributed by atoms with E-state index in [0.717, 1.165) is 16.7 Å². The van der Waals surface area contributed by atoms with Crippen LogP contribution in [0.2, 0.25) is 0 Å². The fourth-order valence-electron chi connectivity index (χ4n) is 4.30. The number of phenolic OH excluding ortho intramolecular Hbond substituents is 1. The molecule has 2 rings (SSSR count). The molecule has 0 unspecified atom stereocenters. The quantitative estimate of drug-likeness (QED) is 0.160. The fourth-order valence-corrected chi connectivity index (χ4v) is 6.63. The monoisotopic (exact) mass is 730 g/mol. The van der Waals surface area contributed by atoms with E-state index >= 15 is 0 Å². The van der Waals surface area contributed by atoms with Gasteiger partial charge in [-0.05, 0) is 33.9 Å². The summed E-state index contributed by atoms with van der Waals surface area (Å²) >= 11 is 35.3. The van der Waals surface area contributed by atoms with Crippen LogP contribution in [0.4, 0.5) is 0 Å². The van der Waals surface area contributed by atoms with Crippen LogP contribution < -0.4 is 0 Å². The number of aryl methyl sites for hydroxylation is 1. The average molecular weight is 733 g/mol. The summed E-state index contributed by atoms with van der Waals surface area (Å²) in [6.07, 6.45) is -6.41. The molecule has 0 aliphatic heterocycles. The first kappa shape index (κ1) is 41.1. The van der Waals surface area contributed by atoms with E-state index < -0.39 is 75.9 Å². The maximum Gasteiger partial charge on any atom is 0.306 e. The minimum Gasteiger partial charge on any atom is -0.507 e.